The number of carbonyl (C=O) groups excluding carboxylic acids is 1. The van der Waals surface area contributed by atoms with Crippen molar-refractivity contribution in [3.05, 3.63) is 98.3 Å². The van der Waals surface area contributed by atoms with Gasteiger partial charge in [0, 0.05) is 21.3 Å². The molecule has 0 atom stereocenters. The summed E-state index contributed by atoms with van der Waals surface area (Å²) in [7, 11) is 0. The molecule has 0 radical (unpaired) electrons. The topological polar surface area (TPSA) is 69.3 Å². The van der Waals surface area contributed by atoms with Crippen LogP contribution in [0.25, 0.3) is 0 Å². The largest absolute Gasteiger partial charge is 0.484 e. The minimum absolute atomic E-state index is 0.107. The van der Waals surface area contributed by atoms with Crippen LogP contribution in [0.2, 0.25) is 10.0 Å². The molecule has 0 aliphatic carbocycles. The van der Waals surface area contributed by atoms with Crippen LogP contribution in [0.15, 0.2) is 69.8 Å². The van der Waals surface area contributed by atoms with Crippen LogP contribution in [0, 0.1) is 5.82 Å². The second kappa shape index (κ2) is 9.77. The summed E-state index contributed by atoms with van der Waals surface area (Å²) in [5.41, 5.74) is 0.745. The van der Waals surface area contributed by atoms with Gasteiger partial charge in [0.25, 0.3) is 5.91 Å². The van der Waals surface area contributed by atoms with E-state index in [9.17, 15) is 9.18 Å². The van der Waals surface area contributed by atoms with E-state index in [2.05, 4.69) is 26.3 Å². The zero-order valence-electron chi connectivity index (χ0n) is 16.3. The number of nitrogens with one attached hydrogen (secondary N) is 1. The average molecular weight is 539 g/mol. The van der Waals surface area contributed by atoms with E-state index >= 15 is 0 Å². The number of hydrogen-bond donors (Lipinski definition) is 1. The van der Waals surface area contributed by atoms with Crippen LogP contribution in [0.1, 0.15) is 21.9 Å². The van der Waals surface area contributed by atoms with E-state index in [0.717, 1.165) is 4.47 Å². The first-order valence-corrected chi connectivity index (χ1v) is 10.9. The van der Waals surface area contributed by atoms with E-state index in [4.69, 9.17) is 32.4 Å². The quantitative estimate of drug-likeness (QED) is 0.289. The van der Waals surface area contributed by atoms with E-state index < -0.39 is 11.7 Å². The summed E-state index contributed by atoms with van der Waals surface area (Å²) in [6.45, 7) is 0.234. The molecular weight excluding hydrogens is 524 g/mol. The Bertz CT molecular complexity index is 1250. The van der Waals surface area contributed by atoms with Gasteiger partial charge in [0.2, 0.25) is 0 Å². The molecule has 1 amide bonds. The summed E-state index contributed by atoms with van der Waals surface area (Å²) in [5.74, 6) is 0.184. The molecule has 1 N–H and O–H groups in total. The lowest BCUT2D eigenvalue weighted by Crippen LogP contribution is -2.10. The molecule has 0 bridgehead atoms. The Morgan fingerprint density at radius 2 is 2.03 bits per heavy atom. The molecule has 0 fully saturated rings. The predicted molar refractivity (Wildman–Crippen MR) is 123 cm³/mol. The van der Waals surface area contributed by atoms with Crippen LogP contribution in [0.3, 0.4) is 0 Å². The number of furan rings is 1. The molecule has 0 aliphatic heterocycles. The lowest BCUT2D eigenvalue weighted by atomic mass is 10.2. The van der Waals surface area contributed by atoms with Crippen LogP contribution < -0.4 is 10.1 Å². The summed E-state index contributed by atoms with van der Waals surface area (Å²) in [5, 5.41) is 7.58. The lowest BCUT2D eigenvalue weighted by molar-refractivity contribution is 0.0992. The van der Waals surface area contributed by atoms with Crippen molar-refractivity contribution in [2.75, 3.05) is 5.32 Å². The standard InChI is InChI=1S/C22H15BrCl2FN3O3/c23-13-4-6-20(18(25)8-13)31-12-15-5-7-21(32-15)22(30)28-14-9-27-29(10-14)11-16-17(24)2-1-3-19(16)26/h1-10H,11-12H2,(H,28,30). The van der Waals surface area contributed by atoms with Gasteiger partial charge in [0.1, 0.15) is 23.9 Å². The second-order valence-electron chi connectivity index (χ2n) is 6.71. The summed E-state index contributed by atoms with van der Waals surface area (Å²) < 4.78 is 27.5. The average Bonchev–Trinajstić information content (AvgIpc) is 3.40. The fourth-order valence-electron chi connectivity index (χ4n) is 2.87. The molecule has 32 heavy (non-hydrogen) atoms. The molecule has 0 saturated carbocycles. The molecule has 164 valence electrons. The van der Waals surface area contributed by atoms with Crippen LogP contribution in [-0.2, 0) is 13.2 Å². The zero-order chi connectivity index (χ0) is 22.7. The molecule has 2 heterocycles. The smallest absolute Gasteiger partial charge is 0.291 e. The number of halogens is 4. The minimum atomic E-state index is -0.457. The van der Waals surface area contributed by atoms with Crippen molar-refractivity contribution in [1.82, 2.24) is 9.78 Å². The fourth-order valence-corrected chi connectivity index (χ4v) is 3.82. The van der Waals surface area contributed by atoms with Crippen molar-refractivity contribution in [3.8, 4) is 5.75 Å². The third-order valence-corrected chi connectivity index (χ3v) is 5.56. The molecule has 4 aromatic rings. The first kappa shape index (κ1) is 22.4. The Balaban J connectivity index is 1.36. The molecule has 2 aromatic heterocycles. The Kier molecular flexibility index (Phi) is 6.83. The van der Waals surface area contributed by atoms with Gasteiger partial charge in [-0.25, -0.2) is 4.39 Å². The Hall–Kier alpha value is -2.81. The first-order chi connectivity index (χ1) is 15.4. The third kappa shape index (κ3) is 5.32. The normalized spacial score (nSPS) is 10.9. The van der Waals surface area contributed by atoms with Crippen molar-refractivity contribution >= 4 is 50.7 Å². The predicted octanol–water partition coefficient (Wildman–Crippen LogP) is 6.56. The van der Waals surface area contributed by atoms with Crippen molar-refractivity contribution < 1.29 is 18.3 Å². The van der Waals surface area contributed by atoms with E-state index in [0.29, 0.717) is 32.8 Å². The van der Waals surface area contributed by atoms with Crippen molar-refractivity contribution in [3.63, 3.8) is 0 Å². The van der Waals surface area contributed by atoms with Crippen LogP contribution in [0.4, 0.5) is 10.1 Å². The number of hydrogen-bond acceptors (Lipinski definition) is 4. The van der Waals surface area contributed by atoms with Gasteiger partial charge in [-0.3, -0.25) is 9.48 Å². The van der Waals surface area contributed by atoms with Gasteiger partial charge in [0.15, 0.2) is 5.76 Å². The van der Waals surface area contributed by atoms with Gasteiger partial charge in [-0.05, 0) is 42.5 Å². The van der Waals surface area contributed by atoms with Gasteiger partial charge in [-0.15, -0.1) is 0 Å². The highest BCUT2D eigenvalue weighted by atomic mass is 79.9. The number of nitrogens with zero attached hydrogens (tertiary/aromatic N) is 2. The van der Waals surface area contributed by atoms with Gasteiger partial charge in [-0.2, -0.15) is 5.10 Å². The summed E-state index contributed by atoms with van der Waals surface area (Å²) in [4.78, 5) is 12.5. The number of ether oxygens (including phenoxy) is 1. The van der Waals surface area contributed by atoms with Crippen LogP contribution >= 0.6 is 39.1 Å². The van der Waals surface area contributed by atoms with Crippen molar-refractivity contribution in [2.24, 2.45) is 0 Å². The number of carbonyl (C=O) groups is 1. The van der Waals surface area contributed by atoms with Crippen LogP contribution in [-0.4, -0.2) is 15.7 Å². The van der Waals surface area contributed by atoms with Gasteiger partial charge in [0.05, 0.1) is 23.5 Å². The number of rotatable bonds is 7. The van der Waals surface area contributed by atoms with Crippen LogP contribution in [0.5, 0.6) is 5.75 Å². The maximum absolute atomic E-state index is 14.0. The third-order valence-electron chi connectivity index (χ3n) is 4.42. The molecule has 0 spiro atoms. The second-order valence-corrected chi connectivity index (χ2v) is 8.44. The Labute approximate surface area is 201 Å². The first-order valence-electron chi connectivity index (χ1n) is 9.32. The summed E-state index contributed by atoms with van der Waals surface area (Å²) in [6, 6.07) is 12.9. The minimum Gasteiger partial charge on any atom is -0.484 e. The SMILES string of the molecule is O=C(Nc1cnn(Cc2c(F)cccc2Cl)c1)c1ccc(COc2ccc(Br)cc2Cl)o1. The molecule has 10 heteroatoms. The maximum Gasteiger partial charge on any atom is 0.291 e. The monoisotopic (exact) mass is 537 g/mol. The molecule has 6 nitrogen and oxygen atoms in total. The summed E-state index contributed by atoms with van der Waals surface area (Å²) in [6.07, 6.45) is 3.03. The molecular formula is C22H15BrCl2FN3O3. The molecule has 0 saturated heterocycles. The van der Waals surface area contributed by atoms with E-state index in [-0.39, 0.29) is 18.9 Å². The van der Waals surface area contributed by atoms with Gasteiger partial charge < -0.3 is 14.5 Å². The zero-order valence-corrected chi connectivity index (χ0v) is 19.4. The van der Waals surface area contributed by atoms with E-state index in [1.165, 1.54) is 23.0 Å². The van der Waals surface area contributed by atoms with Gasteiger partial charge in [-0.1, -0.05) is 45.2 Å². The Morgan fingerprint density at radius 3 is 2.81 bits per heavy atom. The number of anilines is 1. The number of benzene rings is 2. The molecule has 0 unspecified atom stereocenters. The van der Waals surface area contributed by atoms with E-state index in [1.807, 2.05) is 6.07 Å². The van der Waals surface area contributed by atoms with Crippen molar-refractivity contribution in [1.29, 1.82) is 0 Å². The highest BCUT2D eigenvalue weighted by Gasteiger charge is 2.14. The number of amides is 1. The molecule has 4 rings (SSSR count). The highest BCUT2D eigenvalue weighted by molar-refractivity contribution is 9.10. The van der Waals surface area contributed by atoms with E-state index in [1.54, 1.807) is 36.5 Å². The molecule has 0 aliphatic rings. The van der Waals surface area contributed by atoms with Gasteiger partial charge >= 0.3 is 0 Å². The van der Waals surface area contributed by atoms with Crippen molar-refractivity contribution in [2.45, 2.75) is 13.2 Å². The summed E-state index contributed by atoms with van der Waals surface area (Å²) >= 11 is 15.5. The number of aromatic nitrogens is 2. The lowest BCUT2D eigenvalue weighted by Gasteiger charge is -2.06. The Morgan fingerprint density at radius 1 is 1.19 bits per heavy atom. The fraction of sp³-hybridized carbons (Fsp3) is 0.0909. The maximum atomic E-state index is 14.0. The highest BCUT2D eigenvalue weighted by Crippen LogP contribution is 2.28. The molecule has 2 aromatic carbocycles.